The molecule has 1 aromatic carbocycles. The molecule has 0 bridgehead atoms. The summed E-state index contributed by atoms with van der Waals surface area (Å²) in [4.78, 5) is 23.9. The first-order chi connectivity index (χ1) is 8.49. The summed E-state index contributed by atoms with van der Waals surface area (Å²) < 4.78 is 0.875. The van der Waals surface area contributed by atoms with Gasteiger partial charge in [0.2, 0.25) is 0 Å². The Morgan fingerprint density at radius 2 is 2.06 bits per heavy atom. The number of hydrogen-bond donors (Lipinski definition) is 1. The number of benzene rings is 1. The second-order valence-electron chi connectivity index (χ2n) is 4.64. The van der Waals surface area contributed by atoms with E-state index < -0.39 is 11.7 Å². The molecule has 1 aliphatic rings. The van der Waals surface area contributed by atoms with Crippen LogP contribution in [0.15, 0.2) is 21.5 Å². The highest BCUT2D eigenvalue weighted by molar-refractivity contribution is 9.10. The molecule has 0 saturated heterocycles. The average molecular weight is 328 g/mol. The standard InChI is InChI=1S/C13H14BrNO2S/c1-7(2)3-4-18-11-6-10-8(5-9(11)14)12(16)13(17)15-10/h5-7H,3-4H2,1-2H3,(H,15,16,17). The van der Waals surface area contributed by atoms with Gasteiger partial charge in [0.15, 0.2) is 0 Å². The molecule has 0 fully saturated rings. The Morgan fingerprint density at radius 3 is 2.72 bits per heavy atom. The molecule has 1 aliphatic heterocycles. The molecule has 1 aromatic rings. The first-order valence-corrected chi connectivity index (χ1v) is 7.59. The lowest BCUT2D eigenvalue weighted by atomic mass is 10.1. The van der Waals surface area contributed by atoms with Crippen LogP contribution in [-0.2, 0) is 4.79 Å². The third-order valence-electron chi connectivity index (χ3n) is 2.72. The molecular formula is C13H14BrNO2S. The minimum absolute atomic E-state index is 0.454. The Bertz CT molecular complexity index is 514. The summed E-state index contributed by atoms with van der Waals surface area (Å²) in [6, 6.07) is 3.60. The molecule has 0 aliphatic carbocycles. The van der Waals surface area contributed by atoms with Gasteiger partial charge in [0.05, 0.1) is 11.3 Å². The van der Waals surface area contributed by atoms with Gasteiger partial charge in [0.1, 0.15) is 0 Å². The maximum Gasteiger partial charge on any atom is 0.296 e. The van der Waals surface area contributed by atoms with E-state index in [9.17, 15) is 9.59 Å². The van der Waals surface area contributed by atoms with Crippen molar-refractivity contribution in [2.45, 2.75) is 25.2 Å². The molecule has 0 atom stereocenters. The van der Waals surface area contributed by atoms with Gasteiger partial charge < -0.3 is 5.32 Å². The molecular weight excluding hydrogens is 314 g/mol. The molecule has 0 spiro atoms. The van der Waals surface area contributed by atoms with Gasteiger partial charge in [-0.1, -0.05) is 13.8 Å². The fraction of sp³-hybridized carbons (Fsp3) is 0.385. The largest absolute Gasteiger partial charge is 0.318 e. The van der Waals surface area contributed by atoms with E-state index in [0.717, 1.165) is 21.5 Å². The number of amides is 1. The monoisotopic (exact) mass is 327 g/mol. The van der Waals surface area contributed by atoms with Crippen molar-refractivity contribution in [3.8, 4) is 0 Å². The summed E-state index contributed by atoms with van der Waals surface area (Å²) in [7, 11) is 0. The Hall–Kier alpha value is -0.810. The summed E-state index contributed by atoms with van der Waals surface area (Å²) in [5.74, 6) is 0.703. The number of Topliss-reactive ketones (excluding diaryl/α,β-unsaturated/α-hetero) is 1. The first kappa shape index (κ1) is 13.6. The molecule has 0 aromatic heterocycles. The van der Waals surface area contributed by atoms with Crippen LogP contribution >= 0.6 is 27.7 Å². The molecule has 18 heavy (non-hydrogen) atoms. The second-order valence-corrected chi connectivity index (χ2v) is 6.63. The summed E-state index contributed by atoms with van der Waals surface area (Å²) in [6.45, 7) is 4.38. The molecule has 1 heterocycles. The van der Waals surface area contributed by atoms with Crippen molar-refractivity contribution < 1.29 is 9.59 Å². The SMILES string of the molecule is CC(C)CCSc1cc2c(cc1Br)C(=O)C(=O)N2. The van der Waals surface area contributed by atoms with Crippen molar-refractivity contribution >= 4 is 45.1 Å². The number of anilines is 1. The van der Waals surface area contributed by atoms with Crippen LogP contribution < -0.4 is 5.32 Å². The maximum absolute atomic E-state index is 11.5. The molecule has 1 amide bonds. The second kappa shape index (κ2) is 5.45. The highest BCUT2D eigenvalue weighted by Crippen LogP contribution is 2.35. The van der Waals surface area contributed by atoms with Gasteiger partial charge in [-0.3, -0.25) is 9.59 Å². The Labute approximate surface area is 119 Å². The molecule has 3 nitrogen and oxygen atoms in total. The van der Waals surface area contributed by atoms with Gasteiger partial charge in [-0.05, 0) is 46.2 Å². The van der Waals surface area contributed by atoms with Crippen molar-refractivity contribution in [1.29, 1.82) is 0 Å². The highest BCUT2D eigenvalue weighted by atomic mass is 79.9. The van der Waals surface area contributed by atoms with E-state index >= 15 is 0 Å². The number of thioether (sulfide) groups is 1. The third-order valence-corrected chi connectivity index (χ3v) is 4.73. The molecule has 96 valence electrons. The molecule has 1 N–H and O–H groups in total. The van der Waals surface area contributed by atoms with Gasteiger partial charge in [-0.2, -0.15) is 0 Å². The molecule has 5 heteroatoms. The van der Waals surface area contributed by atoms with Gasteiger partial charge in [0, 0.05) is 9.37 Å². The minimum Gasteiger partial charge on any atom is -0.318 e. The number of nitrogens with one attached hydrogen (secondary N) is 1. The summed E-state index contributed by atoms with van der Waals surface area (Å²) in [5, 5.41) is 2.59. The predicted octanol–water partition coefficient (Wildman–Crippen LogP) is 3.72. The lowest BCUT2D eigenvalue weighted by molar-refractivity contribution is -0.112. The topological polar surface area (TPSA) is 46.2 Å². The van der Waals surface area contributed by atoms with Gasteiger partial charge in [0.25, 0.3) is 11.7 Å². The number of carbonyl (C=O) groups is 2. The Kier molecular flexibility index (Phi) is 4.12. The van der Waals surface area contributed by atoms with Gasteiger partial charge >= 0.3 is 0 Å². The number of hydrogen-bond acceptors (Lipinski definition) is 3. The first-order valence-electron chi connectivity index (χ1n) is 5.81. The Balaban J connectivity index is 2.17. The maximum atomic E-state index is 11.5. The highest BCUT2D eigenvalue weighted by Gasteiger charge is 2.28. The molecule has 2 rings (SSSR count). The van der Waals surface area contributed by atoms with Crippen molar-refractivity contribution in [2.24, 2.45) is 5.92 Å². The van der Waals surface area contributed by atoms with Crippen molar-refractivity contribution in [1.82, 2.24) is 0 Å². The van der Waals surface area contributed by atoms with Gasteiger partial charge in [-0.15, -0.1) is 11.8 Å². The number of rotatable bonds is 4. The number of fused-ring (bicyclic) bond motifs is 1. The van der Waals surface area contributed by atoms with Crippen LogP contribution in [0.2, 0.25) is 0 Å². The van der Waals surface area contributed by atoms with E-state index in [0.29, 0.717) is 17.2 Å². The Morgan fingerprint density at radius 1 is 1.33 bits per heavy atom. The van der Waals surface area contributed by atoms with E-state index in [2.05, 4.69) is 35.1 Å². The predicted molar refractivity (Wildman–Crippen MR) is 77.3 cm³/mol. The van der Waals surface area contributed by atoms with Crippen LogP contribution in [0.3, 0.4) is 0 Å². The van der Waals surface area contributed by atoms with Crippen LogP contribution in [0.1, 0.15) is 30.6 Å². The number of halogens is 1. The third kappa shape index (κ3) is 2.78. The zero-order chi connectivity index (χ0) is 13.3. The molecule has 0 radical (unpaired) electrons. The summed E-state index contributed by atoms with van der Waals surface area (Å²) in [6.07, 6.45) is 1.14. The van der Waals surface area contributed by atoms with Crippen molar-refractivity contribution in [3.63, 3.8) is 0 Å². The normalized spacial score (nSPS) is 14.0. The fourth-order valence-electron chi connectivity index (χ4n) is 1.66. The van der Waals surface area contributed by atoms with E-state index in [1.807, 2.05) is 6.07 Å². The zero-order valence-corrected chi connectivity index (χ0v) is 12.7. The van der Waals surface area contributed by atoms with Crippen LogP contribution in [-0.4, -0.2) is 17.4 Å². The summed E-state index contributed by atoms with van der Waals surface area (Å²) >= 11 is 5.19. The van der Waals surface area contributed by atoms with Crippen LogP contribution in [0, 0.1) is 5.92 Å². The van der Waals surface area contributed by atoms with E-state index in [4.69, 9.17) is 0 Å². The molecule has 0 saturated carbocycles. The zero-order valence-electron chi connectivity index (χ0n) is 10.2. The lowest BCUT2D eigenvalue weighted by Crippen LogP contribution is -2.12. The number of ketones is 1. The van der Waals surface area contributed by atoms with Crippen LogP contribution in [0.25, 0.3) is 0 Å². The fourth-order valence-corrected chi connectivity index (χ4v) is 3.56. The summed E-state index contributed by atoms with van der Waals surface area (Å²) in [5.41, 5.74) is 1.08. The minimum atomic E-state index is -0.541. The van der Waals surface area contributed by atoms with Gasteiger partial charge in [-0.25, -0.2) is 0 Å². The number of carbonyl (C=O) groups excluding carboxylic acids is 2. The smallest absolute Gasteiger partial charge is 0.296 e. The van der Waals surface area contributed by atoms with E-state index in [1.54, 1.807) is 17.8 Å². The average Bonchev–Trinajstić information content (AvgIpc) is 2.55. The molecule has 0 unspecified atom stereocenters. The quantitative estimate of drug-likeness (QED) is 0.677. The van der Waals surface area contributed by atoms with Crippen LogP contribution in [0.4, 0.5) is 5.69 Å². The lowest BCUT2D eigenvalue weighted by Gasteiger charge is -2.08. The van der Waals surface area contributed by atoms with Crippen molar-refractivity contribution in [2.75, 3.05) is 11.1 Å². The van der Waals surface area contributed by atoms with E-state index in [-0.39, 0.29) is 0 Å². The van der Waals surface area contributed by atoms with E-state index in [1.165, 1.54) is 0 Å². The van der Waals surface area contributed by atoms with Crippen molar-refractivity contribution in [3.05, 3.63) is 22.2 Å². The van der Waals surface area contributed by atoms with Crippen LogP contribution in [0.5, 0.6) is 0 Å².